The van der Waals surface area contributed by atoms with Gasteiger partial charge in [-0.05, 0) is 6.42 Å². The molecule has 2 amide bonds. The van der Waals surface area contributed by atoms with Crippen LogP contribution in [-0.4, -0.2) is 55.7 Å². The fourth-order valence-electron chi connectivity index (χ4n) is 1.21. The van der Waals surface area contributed by atoms with Crippen molar-refractivity contribution in [1.82, 2.24) is 30.8 Å². The summed E-state index contributed by atoms with van der Waals surface area (Å²) in [4.78, 5) is 23.4. The molecule has 17 heavy (non-hydrogen) atoms. The molecule has 0 atom stereocenters. The molecule has 9 nitrogen and oxygen atoms in total. The summed E-state index contributed by atoms with van der Waals surface area (Å²) in [7, 11) is 0. The van der Waals surface area contributed by atoms with Crippen LogP contribution in [0.3, 0.4) is 0 Å². The Bertz CT molecular complexity index is 365. The van der Waals surface area contributed by atoms with Gasteiger partial charge in [0.2, 0.25) is 0 Å². The maximum atomic E-state index is 11.6. The van der Waals surface area contributed by atoms with Crippen LogP contribution in [0.15, 0.2) is 0 Å². The Morgan fingerprint density at radius 3 is 2.82 bits per heavy atom. The van der Waals surface area contributed by atoms with Crippen LogP contribution in [0.5, 0.6) is 0 Å². The number of H-pyrrole nitrogens is 1. The van der Waals surface area contributed by atoms with Gasteiger partial charge in [0.1, 0.15) is 6.54 Å². The lowest BCUT2D eigenvalue weighted by molar-refractivity contribution is -0.137. The molecule has 1 aromatic heterocycles. The summed E-state index contributed by atoms with van der Waals surface area (Å²) in [5.41, 5.74) is 0. The molecule has 0 saturated carbocycles. The number of hydrogen-bond acceptors (Lipinski definition) is 5. The van der Waals surface area contributed by atoms with E-state index < -0.39 is 12.0 Å². The molecule has 0 radical (unpaired) electrons. The van der Waals surface area contributed by atoms with Gasteiger partial charge in [0, 0.05) is 6.54 Å². The van der Waals surface area contributed by atoms with E-state index in [0.29, 0.717) is 18.8 Å². The minimum Gasteiger partial charge on any atom is -0.480 e. The molecule has 0 aromatic carbocycles. The summed E-state index contributed by atoms with van der Waals surface area (Å²) >= 11 is 0. The number of aromatic amines is 1. The summed E-state index contributed by atoms with van der Waals surface area (Å²) in [6.45, 7) is 2.02. The van der Waals surface area contributed by atoms with E-state index >= 15 is 0 Å². The second kappa shape index (κ2) is 6.40. The average Bonchev–Trinajstić information content (AvgIpc) is 2.77. The predicted molar refractivity (Wildman–Crippen MR) is 55.9 cm³/mol. The van der Waals surface area contributed by atoms with Crippen LogP contribution >= 0.6 is 0 Å². The number of urea groups is 1. The first-order valence-electron chi connectivity index (χ1n) is 5.10. The Hall–Kier alpha value is -2.19. The molecule has 1 aromatic rings. The molecule has 1 rings (SSSR count). The number of amides is 2. The van der Waals surface area contributed by atoms with Crippen molar-refractivity contribution in [3.63, 3.8) is 0 Å². The molecule has 0 unspecified atom stereocenters. The average molecular weight is 242 g/mol. The third-order valence-electron chi connectivity index (χ3n) is 1.89. The number of carbonyl (C=O) groups excluding carboxylic acids is 1. The highest BCUT2D eigenvalue weighted by molar-refractivity contribution is 5.79. The van der Waals surface area contributed by atoms with Gasteiger partial charge >= 0.3 is 12.0 Å². The van der Waals surface area contributed by atoms with Crippen LogP contribution in [-0.2, 0) is 11.3 Å². The zero-order chi connectivity index (χ0) is 12.7. The molecule has 9 heteroatoms. The standard InChI is InChI=1S/C8H14N6O3/c1-2-3-14(5-7(15)16)8(17)9-4-6-10-12-13-11-6/h2-5H2,1H3,(H,9,17)(H,15,16)(H,10,11,12,13). The molecule has 0 fully saturated rings. The number of carboxylic acid groups (broad SMARTS) is 1. The molecule has 1 heterocycles. The van der Waals surface area contributed by atoms with E-state index in [4.69, 9.17) is 5.11 Å². The first-order chi connectivity index (χ1) is 8.13. The zero-order valence-corrected chi connectivity index (χ0v) is 9.38. The Kier molecular flexibility index (Phi) is 4.85. The number of carboxylic acids is 1. The number of nitrogens with zero attached hydrogens (tertiary/aromatic N) is 4. The number of hydrogen-bond donors (Lipinski definition) is 3. The van der Waals surface area contributed by atoms with Crippen molar-refractivity contribution in [2.24, 2.45) is 0 Å². The van der Waals surface area contributed by atoms with Gasteiger partial charge in [0.15, 0.2) is 5.82 Å². The van der Waals surface area contributed by atoms with Crippen molar-refractivity contribution in [3.8, 4) is 0 Å². The zero-order valence-electron chi connectivity index (χ0n) is 9.38. The lowest BCUT2D eigenvalue weighted by Gasteiger charge is -2.19. The second-order valence-corrected chi connectivity index (χ2v) is 3.30. The van der Waals surface area contributed by atoms with Crippen LogP contribution in [0.1, 0.15) is 19.2 Å². The summed E-state index contributed by atoms with van der Waals surface area (Å²) in [6.07, 6.45) is 0.683. The van der Waals surface area contributed by atoms with Crippen molar-refractivity contribution in [2.75, 3.05) is 13.1 Å². The predicted octanol–water partition coefficient (Wildman–Crippen LogP) is -0.794. The molecule has 0 aliphatic rings. The molecule has 0 spiro atoms. The van der Waals surface area contributed by atoms with Gasteiger partial charge in [-0.25, -0.2) is 4.79 Å². The number of aliphatic carboxylic acids is 1. The Labute approximate surface area is 97.2 Å². The monoisotopic (exact) mass is 242 g/mol. The van der Waals surface area contributed by atoms with Gasteiger partial charge in [-0.3, -0.25) is 4.79 Å². The third kappa shape index (κ3) is 4.45. The van der Waals surface area contributed by atoms with Gasteiger partial charge in [-0.15, -0.1) is 10.2 Å². The summed E-state index contributed by atoms with van der Waals surface area (Å²) in [5.74, 6) is -0.710. The molecule has 94 valence electrons. The van der Waals surface area contributed by atoms with Gasteiger partial charge in [0.25, 0.3) is 0 Å². The Morgan fingerprint density at radius 1 is 1.53 bits per heavy atom. The molecular weight excluding hydrogens is 228 g/mol. The van der Waals surface area contributed by atoms with Crippen LogP contribution in [0.4, 0.5) is 4.79 Å². The van der Waals surface area contributed by atoms with Gasteiger partial charge in [-0.1, -0.05) is 12.1 Å². The van der Waals surface area contributed by atoms with Gasteiger partial charge < -0.3 is 15.3 Å². The van der Waals surface area contributed by atoms with Gasteiger partial charge in [0.05, 0.1) is 6.54 Å². The minimum absolute atomic E-state index is 0.106. The fourth-order valence-corrected chi connectivity index (χ4v) is 1.21. The first kappa shape index (κ1) is 12.9. The van der Waals surface area contributed by atoms with Crippen LogP contribution in [0.2, 0.25) is 0 Å². The summed E-state index contributed by atoms with van der Waals surface area (Å²) < 4.78 is 0. The maximum Gasteiger partial charge on any atom is 0.323 e. The largest absolute Gasteiger partial charge is 0.480 e. The van der Waals surface area contributed by atoms with E-state index in [1.165, 1.54) is 4.90 Å². The second-order valence-electron chi connectivity index (χ2n) is 3.30. The molecule has 0 bridgehead atoms. The van der Waals surface area contributed by atoms with E-state index in [1.807, 2.05) is 6.92 Å². The van der Waals surface area contributed by atoms with E-state index in [2.05, 4.69) is 25.9 Å². The topological polar surface area (TPSA) is 124 Å². The number of aromatic nitrogens is 4. The highest BCUT2D eigenvalue weighted by atomic mass is 16.4. The lowest BCUT2D eigenvalue weighted by atomic mass is 10.4. The SMILES string of the molecule is CCCN(CC(=O)O)C(=O)NCc1nn[nH]n1. The number of carbonyl (C=O) groups is 2. The molecule has 0 aliphatic carbocycles. The van der Waals surface area contributed by atoms with E-state index in [0.717, 1.165) is 0 Å². The summed E-state index contributed by atoms with van der Waals surface area (Å²) in [5, 5.41) is 24.1. The van der Waals surface area contributed by atoms with Crippen molar-refractivity contribution >= 4 is 12.0 Å². The highest BCUT2D eigenvalue weighted by Crippen LogP contribution is 1.94. The van der Waals surface area contributed by atoms with Crippen molar-refractivity contribution in [3.05, 3.63) is 5.82 Å². The van der Waals surface area contributed by atoms with Crippen LogP contribution in [0.25, 0.3) is 0 Å². The van der Waals surface area contributed by atoms with Crippen LogP contribution < -0.4 is 5.32 Å². The number of tetrazole rings is 1. The van der Waals surface area contributed by atoms with Crippen molar-refractivity contribution in [2.45, 2.75) is 19.9 Å². The van der Waals surface area contributed by atoms with E-state index in [-0.39, 0.29) is 13.1 Å². The highest BCUT2D eigenvalue weighted by Gasteiger charge is 2.15. The third-order valence-corrected chi connectivity index (χ3v) is 1.89. The molecule has 0 saturated heterocycles. The fraction of sp³-hybridized carbons (Fsp3) is 0.625. The van der Waals surface area contributed by atoms with E-state index in [1.54, 1.807) is 0 Å². The quantitative estimate of drug-likeness (QED) is 0.600. The smallest absolute Gasteiger partial charge is 0.323 e. The Balaban J connectivity index is 2.44. The van der Waals surface area contributed by atoms with Crippen molar-refractivity contribution in [1.29, 1.82) is 0 Å². The van der Waals surface area contributed by atoms with Gasteiger partial charge in [-0.2, -0.15) is 5.21 Å². The minimum atomic E-state index is -1.05. The van der Waals surface area contributed by atoms with E-state index in [9.17, 15) is 9.59 Å². The molecular formula is C8H14N6O3. The van der Waals surface area contributed by atoms with Crippen LogP contribution in [0, 0.1) is 0 Å². The maximum absolute atomic E-state index is 11.6. The number of nitrogens with one attached hydrogen (secondary N) is 2. The normalized spacial score (nSPS) is 9.94. The Morgan fingerprint density at radius 2 is 2.29 bits per heavy atom. The molecule has 0 aliphatic heterocycles. The molecule has 3 N–H and O–H groups in total. The number of rotatable bonds is 6. The van der Waals surface area contributed by atoms with Crippen molar-refractivity contribution < 1.29 is 14.7 Å². The lowest BCUT2D eigenvalue weighted by Crippen LogP contribution is -2.43. The summed E-state index contributed by atoms with van der Waals surface area (Å²) in [6, 6.07) is -0.459. The first-order valence-corrected chi connectivity index (χ1v) is 5.10.